The normalized spacial score (nSPS) is 52.9. The molecular weight excluding hydrogens is 368 g/mol. The van der Waals surface area contributed by atoms with Crippen molar-refractivity contribution in [1.82, 2.24) is 0 Å². The van der Waals surface area contributed by atoms with Gasteiger partial charge in [0, 0.05) is 6.42 Å². The van der Waals surface area contributed by atoms with E-state index < -0.39 is 18.2 Å². The first kappa shape index (κ1) is 21.6. The summed E-state index contributed by atoms with van der Waals surface area (Å²) in [5.41, 5.74) is 0.119. The van der Waals surface area contributed by atoms with E-state index in [4.69, 9.17) is 5.11 Å². The Morgan fingerprint density at radius 1 is 0.931 bits per heavy atom. The SMILES string of the molecule is C[C@H](CCC(=O)O)[C@H]1CC[C@H]2[C@@H]3[C@H](O)[C@H](O)[C@H]4C[C@H](O)CC[C@]4(C)[C@H]3CC[C@]12C. The Labute approximate surface area is 174 Å². The van der Waals surface area contributed by atoms with Gasteiger partial charge in [-0.1, -0.05) is 20.8 Å². The Hall–Kier alpha value is -0.650. The lowest BCUT2D eigenvalue weighted by molar-refractivity contribution is -0.223. The summed E-state index contributed by atoms with van der Waals surface area (Å²) in [5.74, 6) is 1.06. The van der Waals surface area contributed by atoms with Gasteiger partial charge in [-0.15, -0.1) is 0 Å². The standard InChI is InChI=1S/C24H40O5/c1-13(4-7-19(26)27)15-5-6-16-20-17(9-11-23(15,16)2)24(3)10-8-14(25)12-18(24)21(28)22(20)29/h13-18,20-22,25,28-29H,4-12H2,1-3H3,(H,26,27)/t13-,14-,15-,16+,17+,18-,20+,21-,22+,23-,24-/m1/s1. The van der Waals surface area contributed by atoms with E-state index >= 15 is 0 Å². The lowest BCUT2D eigenvalue weighted by atomic mass is 9.43. The highest BCUT2D eigenvalue weighted by molar-refractivity contribution is 5.66. The molecule has 4 fully saturated rings. The third-order valence-electron chi connectivity index (χ3n) is 10.3. The summed E-state index contributed by atoms with van der Waals surface area (Å²) in [4.78, 5) is 11.1. The minimum absolute atomic E-state index is 0.00309. The predicted octanol–water partition coefficient (Wildman–Crippen LogP) is 3.45. The predicted molar refractivity (Wildman–Crippen MR) is 110 cm³/mol. The molecule has 4 aliphatic carbocycles. The summed E-state index contributed by atoms with van der Waals surface area (Å²) < 4.78 is 0. The van der Waals surface area contributed by atoms with Crippen LogP contribution in [0.3, 0.4) is 0 Å². The van der Waals surface area contributed by atoms with Crippen LogP contribution in [0.1, 0.15) is 78.6 Å². The van der Waals surface area contributed by atoms with Gasteiger partial charge in [0.2, 0.25) is 0 Å². The Balaban J connectivity index is 1.59. The zero-order valence-electron chi connectivity index (χ0n) is 18.3. The van der Waals surface area contributed by atoms with Gasteiger partial charge >= 0.3 is 5.97 Å². The van der Waals surface area contributed by atoms with E-state index in [0.717, 1.165) is 44.9 Å². The molecule has 0 saturated heterocycles. The number of carboxylic acids is 1. The summed E-state index contributed by atoms with van der Waals surface area (Å²) in [6.07, 6.45) is 5.87. The number of carboxylic acid groups (broad SMARTS) is 1. The maximum atomic E-state index is 11.3. The lowest BCUT2D eigenvalue weighted by Gasteiger charge is -2.63. The van der Waals surface area contributed by atoms with Gasteiger partial charge in [0.05, 0.1) is 18.3 Å². The van der Waals surface area contributed by atoms with E-state index in [1.807, 2.05) is 0 Å². The molecule has 0 radical (unpaired) electrons. The van der Waals surface area contributed by atoms with E-state index in [1.165, 1.54) is 0 Å². The molecule has 0 spiro atoms. The topological polar surface area (TPSA) is 98.0 Å². The molecule has 166 valence electrons. The van der Waals surface area contributed by atoms with Crippen LogP contribution in [0.25, 0.3) is 0 Å². The molecule has 11 atom stereocenters. The lowest BCUT2D eigenvalue weighted by Crippen LogP contribution is -2.64. The summed E-state index contributed by atoms with van der Waals surface area (Å²) >= 11 is 0. The van der Waals surface area contributed by atoms with E-state index in [2.05, 4.69) is 20.8 Å². The van der Waals surface area contributed by atoms with Gasteiger partial charge in [-0.3, -0.25) is 4.79 Å². The van der Waals surface area contributed by atoms with Gasteiger partial charge in [-0.25, -0.2) is 0 Å². The molecule has 4 aliphatic rings. The fourth-order valence-electron chi connectivity index (χ4n) is 8.77. The molecule has 0 unspecified atom stereocenters. The van der Waals surface area contributed by atoms with Crippen LogP contribution >= 0.6 is 0 Å². The number of rotatable bonds is 4. The molecule has 5 heteroatoms. The van der Waals surface area contributed by atoms with E-state index in [0.29, 0.717) is 30.1 Å². The van der Waals surface area contributed by atoms with Crippen molar-refractivity contribution < 1.29 is 25.2 Å². The molecule has 5 nitrogen and oxygen atoms in total. The van der Waals surface area contributed by atoms with Crippen molar-refractivity contribution in [3.05, 3.63) is 0 Å². The molecule has 0 amide bonds. The van der Waals surface area contributed by atoms with Crippen LogP contribution in [-0.4, -0.2) is 44.7 Å². The third kappa shape index (κ3) is 3.27. The summed E-state index contributed by atoms with van der Waals surface area (Å²) in [6, 6.07) is 0. The number of fused-ring (bicyclic) bond motifs is 5. The van der Waals surface area contributed by atoms with Crippen molar-refractivity contribution in [3.8, 4) is 0 Å². The van der Waals surface area contributed by atoms with Gasteiger partial charge in [0.15, 0.2) is 0 Å². The van der Waals surface area contributed by atoms with Crippen LogP contribution < -0.4 is 0 Å². The van der Waals surface area contributed by atoms with E-state index in [9.17, 15) is 20.1 Å². The first-order valence-electron chi connectivity index (χ1n) is 11.9. The number of aliphatic carboxylic acids is 1. The highest BCUT2D eigenvalue weighted by Crippen LogP contribution is 2.68. The fraction of sp³-hybridized carbons (Fsp3) is 0.958. The van der Waals surface area contributed by atoms with Crippen LogP contribution in [0.2, 0.25) is 0 Å². The molecule has 0 aromatic carbocycles. The van der Waals surface area contributed by atoms with Gasteiger partial charge in [-0.05, 0) is 97.7 Å². The molecular formula is C24H40O5. The second-order valence-corrected chi connectivity index (χ2v) is 11.5. The Morgan fingerprint density at radius 2 is 1.59 bits per heavy atom. The van der Waals surface area contributed by atoms with Crippen LogP contribution in [0, 0.1) is 46.3 Å². The second kappa shape index (κ2) is 7.49. The zero-order chi connectivity index (χ0) is 21.1. The van der Waals surface area contributed by atoms with Crippen LogP contribution in [0.15, 0.2) is 0 Å². The number of carbonyl (C=O) groups is 1. The number of aliphatic hydroxyl groups excluding tert-OH is 3. The van der Waals surface area contributed by atoms with Crippen molar-refractivity contribution in [2.45, 2.75) is 96.9 Å². The maximum Gasteiger partial charge on any atom is 0.303 e. The zero-order valence-corrected chi connectivity index (χ0v) is 18.3. The van der Waals surface area contributed by atoms with E-state index in [-0.39, 0.29) is 35.2 Å². The van der Waals surface area contributed by atoms with Gasteiger partial charge < -0.3 is 20.4 Å². The molecule has 4 saturated carbocycles. The number of aliphatic hydroxyl groups is 3. The van der Waals surface area contributed by atoms with Crippen LogP contribution in [0.4, 0.5) is 0 Å². The third-order valence-corrected chi connectivity index (χ3v) is 10.3. The maximum absolute atomic E-state index is 11.3. The summed E-state index contributed by atoms with van der Waals surface area (Å²) in [7, 11) is 0. The van der Waals surface area contributed by atoms with Crippen molar-refractivity contribution in [1.29, 1.82) is 0 Å². The molecule has 0 heterocycles. The molecule has 0 aliphatic heterocycles. The van der Waals surface area contributed by atoms with Gasteiger partial charge in [0.25, 0.3) is 0 Å². The van der Waals surface area contributed by atoms with Gasteiger partial charge in [0.1, 0.15) is 0 Å². The largest absolute Gasteiger partial charge is 0.481 e. The highest BCUT2D eigenvalue weighted by Gasteiger charge is 2.65. The minimum Gasteiger partial charge on any atom is -0.481 e. The van der Waals surface area contributed by atoms with Crippen molar-refractivity contribution in [2.24, 2.45) is 46.3 Å². The van der Waals surface area contributed by atoms with Crippen molar-refractivity contribution in [3.63, 3.8) is 0 Å². The van der Waals surface area contributed by atoms with Crippen molar-refractivity contribution >= 4 is 5.97 Å². The quantitative estimate of drug-likeness (QED) is 0.571. The Morgan fingerprint density at radius 3 is 2.28 bits per heavy atom. The second-order valence-electron chi connectivity index (χ2n) is 11.5. The number of hydrogen-bond acceptors (Lipinski definition) is 4. The van der Waals surface area contributed by atoms with Gasteiger partial charge in [-0.2, -0.15) is 0 Å². The van der Waals surface area contributed by atoms with Crippen LogP contribution in [0.5, 0.6) is 0 Å². The first-order valence-corrected chi connectivity index (χ1v) is 11.9. The molecule has 4 N–H and O–H groups in total. The van der Waals surface area contributed by atoms with Crippen molar-refractivity contribution in [2.75, 3.05) is 0 Å². The average Bonchev–Trinajstić information content (AvgIpc) is 3.02. The molecule has 0 aromatic rings. The fourth-order valence-corrected chi connectivity index (χ4v) is 8.77. The first-order chi connectivity index (χ1) is 13.6. The molecule has 0 aromatic heterocycles. The Bertz CT molecular complexity index is 637. The smallest absolute Gasteiger partial charge is 0.303 e. The molecule has 0 bridgehead atoms. The van der Waals surface area contributed by atoms with E-state index in [1.54, 1.807) is 0 Å². The Kier molecular flexibility index (Phi) is 5.57. The average molecular weight is 409 g/mol. The number of hydrogen-bond donors (Lipinski definition) is 4. The summed E-state index contributed by atoms with van der Waals surface area (Å²) in [5, 5.41) is 41.7. The van der Waals surface area contributed by atoms with Crippen LogP contribution in [-0.2, 0) is 4.79 Å². The summed E-state index contributed by atoms with van der Waals surface area (Å²) in [6.45, 7) is 6.89. The minimum atomic E-state index is -0.748. The monoisotopic (exact) mass is 408 g/mol. The highest BCUT2D eigenvalue weighted by atomic mass is 16.4. The molecule has 29 heavy (non-hydrogen) atoms. The molecule has 4 rings (SSSR count).